The number of carboxylic acid groups (broad SMARTS) is 1. The summed E-state index contributed by atoms with van der Waals surface area (Å²) in [6.07, 6.45) is 3.28. The Labute approximate surface area is 353 Å². The van der Waals surface area contributed by atoms with Gasteiger partial charge in [0.15, 0.2) is 5.82 Å². The molecule has 1 unspecified atom stereocenters. The third kappa shape index (κ3) is 7.10. The first kappa shape index (κ1) is 40.7. The number of carbonyl (C=O) groups is 2. The highest BCUT2D eigenvalue weighted by Crippen LogP contribution is 2.44. The number of unbranched alkanes of at least 4 members (excludes halogenated alkanes) is 1. The predicted molar refractivity (Wildman–Crippen MR) is 230 cm³/mol. The molecule has 1 aliphatic heterocycles. The largest absolute Gasteiger partial charge is 0.479 e. The molecule has 0 radical (unpaired) electrons. The van der Waals surface area contributed by atoms with E-state index in [-0.39, 0.29) is 25.4 Å². The highest BCUT2D eigenvalue weighted by molar-refractivity contribution is 6.15. The Bertz CT molecular complexity index is 2590. The Balaban J connectivity index is 1.24. The van der Waals surface area contributed by atoms with E-state index in [0.29, 0.717) is 36.3 Å². The van der Waals surface area contributed by atoms with Gasteiger partial charge in [0.2, 0.25) is 11.3 Å². The van der Waals surface area contributed by atoms with Gasteiger partial charge in [0, 0.05) is 31.5 Å². The van der Waals surface area contributed by atoms with Gasteiger partial charge in [-0.15, -0.1) is 5.10 Å². The quantitative estimate of drug-likeness (QED) is 0.0451. The molecule has 306 valence electrons. The number of hydroxylamine groups is 2. The van der Waals surface area contributed by atoms with Crippen LogP contribution in [0.4, 0.5) is 0 Å². The van der Waals surface area contributed by atoms with Crippen molar-refractivity contribution in [3.05, 3.63) is 185 Å². The number of fused-ring (bicyclic) bond motifs is 1. The molecule has 5 aromatic carbocycles. The summed E-state index contributed by atoms with van der Waals surface area (Å²) in [6, 6.07) is 46.8. The first-order valence-electron chi connectivity index (χ1n) is 20.5. The molecular formula is C49H45N7O5. The second kappa shape index (κ2) is 17.6. The van der Waals surface area contributed by atoms with Gasteiger partial charge < -0.3 is 9.67 Å². The van der Waals surface area contributed by atoms with E-state index in [0.717, 1.165) is 51.8 Å². The highest BCUT2D eigenvalue weighted by atomic mass is 16.7. The van der Waals surface area contributed by atoms with Gasteiger partial charge in [-0.3, -0.25) is 9.63 Å². The topological polar surface area (TPSA) is 145 Å². The number of aromatic nitrogens is 6. The predicted octanol–water partition coefficient (Wildman–Crippen LogP) is 7.48. The average Bonchev–Trinajstić information content (AvgIpc) is 3.93. The molecule has 0 spiro atoms. The fourth-order valence-electron chi connectivity index (χ4n) is 8.74. The van der Waals surface area contributed by atoms with Crippen LogP contribution in [0.3, 0.4) is 0 Å². The number of imidazole rings is 1. The number of hydrogen-bond acceptors (Lipinski definition) is 9. The molecule has 0 aliphatic carbocycles. The van der Waals surface area contributed by atoms with Crippen molar-refractivity contribution in [2.75, 3.05) is 13.2 Å². The van der Waals surface area contributed by atoms with Crippen molar-refractivity contribution in [1.82, 2.24) is 34.8 Å². The lowest BCUT2D eigenvalue weighted by Gasteiger charge is -2.41. The molecule has 7 aromatic rings. The summed E-state index contributed by atoms with van der Waals surface area (Å²) in [4.78, 5) is 49.5. The van der Waals surface area contributed by atoms with Gasteiger partial charge in [-0.2, -0.15) is 5.06 Å². The lowest BCUT2D eigenvalue weighted by atomic mass is 9.77. The summed E-state index contributed by atoms with van der Waals surface area (Å²) in [5, 5.41) is 25.9. The van der Waals surface area contributed by atoms with E-state index in [1.54, 1.807) is 6.92 Å². The van der Waals surface area contributed by atoms with Crippen molar-refractivity contribution in [3.63, 3.8) is 0 Å². The van der Waals surface area contributed by atoms with Crippen LogP contribution in [0.5, 0.6) is 0 Å². The summed E-state index contributed by atoms with van der Waals surface area (Å²) < 4.78 is 3.75. The van der Waals surface area contributed by atoms with Crippen LogP contribution in [0.1, 0.15) is 66.2 Å². The summed E-state index contributed by atoms with van der Waals surface area (Å²) in [7, 11) is 0. The van der Waals surface area contributed by atoms with E-state index < -0.39 is 22.8 Å². The fraction of sp³-hybridized carbons (Fsp3) is 0.224. The van der Waals surface area contributed by atoms with Crippen molar-refractivity contribution in [2.24, 2.45) is 0 Å². The number of aliphatic carboxylic acids is 1. The zero-order chi connectivity index (χ0) is 42.4. The standard InChI is InChI=1S/C49H45N7O5/c1-3-5-25-44-50-42-30-32-55(61-4-2)49(47(59)60,43(58)31-33-57)45(42)54(44)34-35-26-28-36(29-27-35)40-23-15-16-24-41(40)46-51-52-53-56(46)48(37-17-9-6-10-18-37,38-19-11-7-12-20-38)39-21-13-8-14-22-39/h6-24,26-29,31H,3-5,25,30,32,34H2,1-2H3,(H,59,60). The molecular weight excluding hydrogens is 767 g/mol. The van der Waals surface area contributed by atoms with Gasteiger partial charge in [0.05, 0.1) is 24.1 Å². The fourth-order valence-corrected chi connectivity index (χ4v) is 8.74. The van der Waals surface area contributed by atoms with Gasteiger partial charge >= 0.3 is 5.97 Å². The Hall–Kier alpha value is -7.11. The molecule has 61 heavy (non-hydrogen) atoms. The van der Waals surface area contributed by atoms with E-state index in [4.69, 9.17) is 20.1 Å². The molecule has 0 saturated carbocycles. The molecule has 0 fully saturated rings. The number of aryl methyl sites for hydroxylation is 1. The maximum atomic E-state index is 13.8. The Morgan fingerprint density at radius 3 is 1.97 bits per heavy atom. The number of hydrogen-bond donors (Lipinski definition) is 1. The number of carbonyl (C=O) groups excluding carboxylic acids is 2. The van der Waals surface area contributed by atoms with Crippen molar-refractivity contribution in [1.29, 1.82) is 0 Å². The SMILES string of the molecule is CCCCc1nc2c(n1Cc1ccc(-c3ccccc3-c3nnnn3C(c3ccccc3)(c3ccccc3)c3ccccc3)cc1)C(C(=O)O)(C(=O)C=C=O)N(OCC)CC2. The minimum atomic E-state index is -2.32. The van der Waals surface area contributed by atoms with Gasteiger partial charge in [0.1, 0.15) is 17.3 Å². The van der Waals surface area contributed by atoms with E-state index in [1.165, 1.54) is 11.0 Å². The number of rotatable bonds is 16. The van der Waals surface area contributed by atoms with Crippen LogP contribution in [0, 0.1) is 0 Å². The van der Waals surface area contributed by atoms with E-state index >= 15 is 0 Å². The lowest BCUT2D eigenvalue weighted by Crippen LogP contribution is -2.61. The Morgan fingerprint density at radius 2 is 1.41 bits per heavy atom. The van der Waals surface area contributed by atoms with Crippen LogP contribution in [0.25, 0.3) is 22.5 Å². The van der Waals surface area contributed by atoms with Crippen molar-refractivity contribution < 1.29 is 24.3 Å². The summed E-state index contributed by atoms with van der Waals surface area (Å²) in [5.74, 6) is 0.343. The molecule has 1 atom stereocenters. The van der Waals surface area contributed by atoms with Crippen LogP contribution < -0.4 is 0 Å². The first-order valence-corrected chi connectivity index (χ1v) is 20.5. The number of nitrogens with zero attached hydrogens (tertiary/aromatic N) is 7. The number of benzene rings is 5. The first-order chi connectivity index (χ1) is 29.9. The highest BCUT2D eigenvalue weighted by Gasteiger charge is 2.59. The molecule has 0 amide bonds. The minimum Gasteiger partial charge on any atom is -0.479 e. The van der Waals surface area contributed by atoms with E-state index in [2.05, 4.69) is 48.5 Å². The molecule has 12 nitrogen and oxygen atoms in total. The molecule has 0 saturated heterocycles. The van der Waals surface area contributed by atoms with Gasteiger partial charge in [-0.05, 0) is 57.2 Å². The molecule has 1 aliphatic rings. The smallest absolute Gasteiger partial charge is 0.340 e. The van der Waals surface area contributed by atoms with Crippen molar-refractivity contribution >= 4 is 17.7 Å². The molecule has 8 rings (SSSR count). The summed E-state index contributed by atoms with van der Waals surface area (Å²) in [5.41, 5.74) is 3.88. The van der Waals surface area contributed by atoms with Crippen LogP contribution in [-0.2, 0) is 49.7 Å². The van der Waals surface area contributed by atoms with Gasteiger partial charge in [0.25, 0.3) is 0 Å². The molecule has 12 heteroatoms. The number of carboxylic acids is 1. The number of tetrazole rings is 1. The van der Waals surface area contributed by atoms with Crippen LogP contribution in [0.15, 0.2) is 146 Å². The monoisotopic (exact) mass is 811 g/mol. The summed E-state index contributed by atoms with van der Waals surface area (Å²) >= 11 is 0. The maximum Gasteiger partial charge on any atom is 0.340 e. The van der Waals surface area contributed by atoms with E-state index in [9.17, 15) is 19.5 Å². The Kier molecular flexibility index (Phi) is 11.7. The van der Waals surface area contributed by atoms with Crippen LogP contribution in [0.2, 0.25) is 0 Å². The normalized spacial score (nSPS) is 15.2. The zero-order valence-electron chi connectivity index (χ0n) is 34.0. The molecule has 3 heterocycles. The van der Waals surface area contributed by atoms with Crippen molar-refractivity contribution in [3.8, 4) is 22.5 Å². The number of ketones is 1. The minimum absolute atomic E-state index is 0.108. The second-order valence-electron chi connectivity index (χ2n) is 14.9. The average molecular weight is 812 g/mol. The zero-order valence-corrected chi connectivity index (χ0v) is 34.0. The van der Waals surface area contributed by atoms with Crippen molar-refractivity contribution in [2.45, 2.75) is 57.2 Å². The molecule has 2 aromatic heterocycles. The lowest BCUT2D eigenvalue weighted by molar-refractivity contribution is -0.231. The Morgan fingerprint density at radius 1 is 0.820 bits per heavy atom. The van der Waals surface area contributed by atoms with Gasteiger partial charge in [-0.1, -0.05) is 153 Å². The third-order valence-electron chi connectivity index (χ3n) is 11.4. The van der Waals surface area contributed by atoms with E-state index in [1.807, 2.05) is 112 Å². The molecule has 1 N–H and O–H groups in total. The molecule has 0 bridgehead atoms. The third-order valence-corrected chi connectivity index (χ3v) is 11.4. The second-order valence-corrected chi connectivity index (χ2v) is 14.9. The van der Waals surface area contributed by atoms with Crippen LogP contribution >= 0.6 is 0 Å². The van der Waals surface area contributed by atoms with Crippen LogP contribution in [-0.4, -0.2) is 70.8 Å². The maximum absolute atomic E-state index is 13.8. The summed E-state index contributed by atoms with van der Waals surface area (Å²) in [6.45, 7) is 4.25. The van der Waals surface area contributed by atoms with Gasteiger partial charge in [-0.25, -0.2) is 19.3 Å².